The largest absolute Gasteiger partial charge is 0.478 e. The van der Waals surface area contributed by atoms with E-state index in [4.69, 9.17) is 4.74 Å². The summed E-state index contributed by atoms with van der Waals surface area (Å²) in [5.74, 6) is -2.30. The Balaban J connectivity index is 2.77. The number of carboxylic acid groups (broad SMARTS) is 2. The highest BCUT2D eigenvalue weighted by Crippen LogP contribution is 2.27. The van der Waals surface area contributed by atoms with Crippen LogP contribution in [0.4, 0.5) is 0 Å². The second-order valence-corrected chi connectivity index (χ2v) is 4.81. The van der Waals surface area contributed by atoms with Crippen molar-refractivity contribution in [2.45, 2.75) is 13.3 Å². The predicted molar refractivity (Wildman–Crippen MR) is 80.0 cm³/mol. The van der Waals surface area contributed by atoms with Gasteiger partial charge >= 0.3 is 11.9 Å². The topological polar surface area (TPSA) is 88.8 Å². The molecule has 1 aromatic carbocycles. The lowest BCUT2D eigenvalue weighted by molar-refractivity contribution is 0.0684. The minimum absolute atomic E-state index is 0.0262. The zero-order valence-corrected chi connectivity index (χ0v) is 12.4. The third-order valence-corrected chi connectivity index (χ3v) is 3.50. The molecule has 0 saturated carbocycles. The number of carbonyl (C=O) groups is 2. The first-order chi connectivity index (χ1) is 10.5. The summed E-state index contributed by atoms with van der Waals surface area (Å²) >= 11 is 0. The SMILES string of the molecule is COCCc1c(C(=O)O)c(C)n(-c2ccccc2)c1C(=O)O. The highest BCUT2D eigenvalue weighted by atomic mass is 16.5. The Labute approximate surface area is 127 Å². The first-order valence-electron chi connectivity index (χ1n) is 6.74. The molecule has 116 valence electrons. The molecule has 1 aromatic heterocycles. The number of hydrogen-bond acceptors (Lipinski definition) is 3. The van der Waals surface area contributed by atoms with Crippen LogP contribution in [0.5, 0.6) is 0 Å². The Kier molecular flexibility index (Phi) is 4.62. The first-order valence-corrected chi connectivity index (χ1v) is 6.74. The van der Waals surface area contributed by atoms with Crippen LogP contribution in [0.15, 0.2) is 30.3 Å². The molecular formula is C16H17NO5. The molecule has 0 bridgehead atoms. The summed E-state index contributed by atoms with van der Waals surface area (Å²) in [6, 6.07) is 8.84. The summed E-state index contributed by atoms with van der Waals surface area (Å²) in [4.78, 5) is 23.3. The number of ether oxygens (including phenoxy) is 1. The molecule has 0 aliphatic rings. The fourth-order valence-electron chi connectivity index (χ4n) is 2.61. The van der Waals surface area contributed by atoms with Gasteiger partial charge in [-0.25, -0.2) is 9.59 Å². The number of para-hydroxylation sites is 1. The molecular weight excluding hydrogens is 286 g/mol. The summed E-state index contributed by atoms with van der Waals surface area (Å²) in [7, 11) is 1.49. The highest BCUT2D eigenvalue weighted by molar-refractivity contribution is 5.98. The van der Waals surface area contributed by atoms with Crippen LogP contribution in [0.1, 0.15) is 32.1 Å². The molecule has 2 N–H and O–H groups in total. The molecule has 2 aromatic rings. The monoisotopic (exact) mass is 303 g/mol. The van der Waals surface area contributed by atoms with Gasteiger partial charge < -0.3 is 19.5 Å². The Morgan fingerprint density at radius 1 is 1.14 bits per heavy atom. The highest BCUT2D eigenvalue weighted by Gasteiger charge is 2.28. The Morgan fingerprint density at radius 3 is 2.27 bits per heavy atom. The summed E-state index contributed by atoms with van der Waals surface area (Å²) in [6.45, 7) is 1.86. The van der Waals surface area contributed by atoms with Gasteiger partial charge in [-0.05, 0) is 25.5 Å². The molecule has 0 aliphatic carbocycles. The lowest BCUT2D eigenvalue weighted by Crippen LogP contribution is -2.11. The molecule has 22 heavy (non-hydrogen) atoms. The van der Waals surface area contributed by atoms with Gasteiger partial charge in [-0.15, -0.1) is 0 Å². The van der Waals surface area contributed by atoms with Crippen molar-refractivity contribution < 1.29 is 24.5 Å². The number of methoxy groups -OCH3 is 1. The smallest absolute Gasteiger partial charge is 0.353 e. The maximum atomic E-state index is 11.7. The number of carboxylic acids is 2. The van der Waals surface area contributed by atoms with Crippen LogP contribution in [-0.2, 0) is 11.2 Å². The van der Waals surface area contributed by atoms with E-state index in [1.54, 1.807) is 31.2 Å². The third kappa shape index (κ3) is 2.73. The maximum Gasteiger partial charge on any atom is 0.353 e. The molecule has 0 aliphatic heterocycles. The minimum atomic E-state index is -1.16. The van der Waals surface area contributed by atoms with Crippen LogP contribution in [0.2, 0.25) is 0 Å². The number of hydrogen-bond donors (Lipinski definition) is 2. The van der Waals surface area contributed by atoms with Crippen LogP contribution in [0, 0.1) is 6.92 Å². The fraction of sp³-hybridized carbons (Fsp3) is 0.250. The molecule has 2 rings (SSSR count). The van der Waals surface area contributed by atoms with E-state index in [9.17, 15) is 19.8 Å². The summed E-state index contributed by atoms with van der Waals surface area (Å²) in [6.07, 6.45) is 0.223. The maximum absolute atomic E-state index is 11.7. The van der Waals surface area contributed by atoms with Crippen LogP contribution < -0.4 is 0 Å². The molecule has 0 amide bonds. The Hall–Kier alpha value is -2.60. The summed E-state index contributed by atoms with van der Waals surface area (Å²) < 4.78 is 6.44. The van der Waals surface area contributed by atoms with Gasteiger partial charge in [0, 0.05) is 24.1 Å². The normalized spacial score (nSPS) is 10.6. The summed E-state index contributed by atoms with van der Waals surface area (Å²) in [5.41, 5.74) is 1.28. The standard InChI is InChI=1S/C16H17NO5/c1-10-13(15(18)19)12(8-9-22-2)14(16(20)21)17(10)11-6-4-3-5-7-11/h3-7H,8-9H2,1-2H3,(H,18,19)(H,20,21). The van der Waals surface area contributed by atoms with Gasteiger partial charge in [0.2, 0.25) is 0 Å². The fourth-order valence-corrected chi connectivity index (χ4v) is 2.61. The lowest BCUT2D eigenvalue weighted by Gasteiger charge is -2.09. The molecule has 1 heterocycles. The summed E-state index contributed by atoms with van der Waals surface area (Å²) in [5, 5.41) is 19.0. The van der Waals surface area contributed by atoms with E-state index in [0.717, 1.165) is 0 Å². The van der Waals surface area contributed by atoms with E-state index in [2.05, 4.69) is 0 Å². The van der Waals surface area contributed by atoms with Gasteiger partial charge in [0.15, 0.2) is 0 Å². The Morgan fingerprint density at radius 2 is 1.77 bits per heavy atom. The van der Waals surface area contributed by atoms with E-state index in [1.165, 1.54) is 11.7 Å². The van der Waals surface area contributed by atoms with Crippen molar-refractivity contribution in [3.63, 3.8) is 0 Å². The van der Waals surface area contributed by atoms with Crippen molar-refractivity contribution in [2.24, 2.45) is 0 Å². The molecule has 0 unspecified atom stereocenters. The second kappa shape index (κ2) is 6.44. The lowest BCUT2D eigenvalue weighted by atomic mass is 10.1. The van der Waals surface area contributed by atoms with Crippen LogP contribution >= 0.6 is 0 Å². The van der Waals surface area contributed by atoms with E-state index in [-0.39, 0.29) is 29.8 Å². The first kappa shape index (κ1) is 15.8. The minimum Gasteiger partial charge on any atom is -0.478 e. The average molecular weight is 303 g/mol. The molecule has 6 heteroatoms. The molecule has 0 saturated heterocycles. The molecule has 0 radical (unpaired) electrons. The van der Waals surface area contributed by atoms with Crippen molar-refractivity contribution in [3.05, 3.63) is 52.8 Å². The van der Waals surface area contributed by atoms with Crippen molar-refractivity contribution in [1.82, 2.24) is 4.57 Å². The average Bonchev–Trinajstić information content (AvgIpc) is 2.78. The van der Waals surface area contributed by atoms with Crippen molar-refractivity contribution >= 4 is 11.9 Å². The molecule has 6 nitrogen and oxygen atoms in total. The number of rotatable bonds is 6. The van der Waals surface area contributed by atoms with E-state index in [1.807, 2.05) is 6.07 Å². The van der Waals surface area contributed by atoms with Crippen LogP contribution in [-0.4, -0.2) is 40.4 Å². The van der Waals surface area contributed by atoms with Crippen molar-refractivity contribution in [1.29, 1.82) is 0 Å². The van der Waals surface area contributed by atoms with Gasteiger partial charge in [-0.1, -0.05) is 18.2 Å². The van der Waals surface area contributed by atoms with Gasteiger partial charge in [0.05, 0.1) is 12.2 Å². The van der Waals surface area contributed by atoms with Gasteiger partial charge in [0.1, 0.15) is 5.69 Å². The number of aromatic nitrogens is 1. The molecule has 0 atom stereocenters. The van der Waals surface area contributed by atoms with Crippen LogP contribution in [0.3, 0.4) is 0 Å². The zero-order chi connectivity index (χ0) is 16.3. The van der Waals surface area contributed by atoms with E-state index in [0.29, 0.717) is 11.4 Å². The van der Waals surface area contributed by atoms with E-state index < -0.39 is 11.9 Å². The number of aromatic carboxylic acids is 2. The predicted octanol–water partition coefficient (Wildman–Crippen LogP) is 2.37. The van der Waals surface area contributed by atoms with Gasteiger partial charge in [-0.2, -0.15) is 0 Å². The quantitative estimate of drug-likeness (QED) is 0.855. The zero-order valence-electron chi connectivity index (χ0n) is 12.4. The van der Waals surface area contributed by atoms with Crippen molar-refractivity contribution in [2.75, 3.05) is 13.7 Å². The molecule has 0 fully saturated rings. The van der Waals surface area contributed by atoms with Gasteiger partial charge in [0.25, 0.3) is 0 Å². The van der Waals surface area contributed by atoms with Gasteiger partial charge in [-0.3, -0.25) is 0 Å². The van der Waals surface area contributed by atoms with Crippen LogP contribution in [0.25, 0.3) is 5.69 Å². The third-order valence-electron chi connectivity index (χ3n) is 3.50. The molecule has 0 spiro atoms. The second-order valence-electron chi connectivity index (χ2n) is 4.81. The Bertz CT molecular complexity index is 703. The number of benzene rings is 1. The van der Waals surface area contributed by atoms with E-state index >= 15 is 0 Å². The van der Waals surface area contributed by atoms with Crippen molar-refractivity contribution in [3.8, 4) is 5.69 Å². The number of nitrogens with zero attached hydrogens (tertiary/aromatic N) is 1.